The Morgan fingerprint density at radius 2 is 2.00 bits per heavy atom. The molecule has 30 heavy (non-hydrogen) atoms. The molecule has 0 saturated carbocycles. The highest BCUT2D eigenvalue weighted by molar-refractivity contribution is 8.00. The Kier molecular flexibility index (Phi) is 7.57. The molecule has 1 saturated heterocycles. The third-order valence-electron chi connectivity index (χ3n) is 3.92. The van der Waals surface area contributed by atoms with Crippen LogP contribution in [0.5, 0.6) is 0 Å². The summed E-state index contributed by atoms with van der Waals surface area (Å²) in [5.74, 6) is -3.92. The molecule has 15 heteroatoms. The number of hydrogen-bond acceptors (Lipinski definition) is 11. The average Bonchev–Trinajstić information content (AvgIpc) is 2.67. The zero-order chi connectivity index (χ0) is 22.6. The molecule has 13 nitrogen and oxygen atoms in total. The number of hydrogen-bond donors (Lipinski definition) is 2. The van der Waals surface area contributed by atoms with Crippen molar-refractivity contribution in [1.82, 2.24) is 10.2 Å². The van der Waals surface area contributed by atoms with E-state index < -0.39 is 57.4 Å². The topological polar surface area (TPSA) is 178 Å². The van der Waals surface area contributed by atoms with Gasteiger partial charge in [-0.05, 0) is 5.57 Å². The highest BCUT2D eigenvalue weighted by Crippen LogP contribution is 2.40. The first kappa shape index (κ1) is 23.8. The number of rotatable bonds is 10. The lowest BCUT2D eigenvalue weighted by atomic mass is 10.0. The van der Waals surface area contributed by atoms with Crippen molar-refractivity contribution in [1.29, 1.82) is 0 Å². The standard InChI is InChI=1S/C15H19N3O10S2/c1-26-4-7-6-29-14-10(13(21)18(14)11(7)15(22)23)16-12(20)9(17-27-2)8(19)5-28-30(3,24)25/h10,14H,4-6H2,1-3H3,(H,16,20)(H,22,23)/t10?,14-/m0/s1. The average molecular weight is 465 g/mol. The molecule has 1 unspecified atom stereocenters. The second-order valence-corrected chi connectivity index (χ2v) is 8.81. The Bertz CT molecular complexity index is 927. The molecular formula is C15H19N3O10S2. The number of ketones is 1. The van der Waals surface area contributed by atoms with Gasteiger partial charge in [0.1, 0.15) is 30.8 Å². The molecule has 0 bridgehead atoms. The van der Waals surface area contributed by atoms with Crippen LogP contribution >= 0.6 is 11.8 Å². The number of nitrogens with zero attached hydrogens (tertiary/aromatic N) is 2. The number of β-lactam (4-membered cyclic amide) rings is 1. The van der Waals surface area contributed by atoms with Gasteiger partial charge in [0.25, 0.3) is 21.9 Å². The van der Waals surface area contributed by atoms with Crippen LogP contribution in [-0.4, -0.2) is 98.6 Å². The Labute approximate surface area is 175 Å². The number of nitrogens with one attached hydrogen (secondary N) is 1. The number of carbonyl (C=O) groups excluding carboxylic acids is 3. The Balaban J connectivity index is 2.14. The maximum Gasteiger partial charge on any atom is 0.352 e. The number of aliphatic carboxylic acids is 1. The Hall–Kier alpha value is -2.49. The first-order chi connectivity index (χ1) is 14.0. The number of amides is 2. The number of carboxylic acids is 1. The molecule has 166 valence electrons. The van der Waals surface area contributed by atoms with Crippen molar-refractivity contribution < 1.29 is 46.5 Å². The van der Waals surface area contributed by atoms with Crippen molar-refractivity contribution in [3.63, 3.8) is 0 Å². The largest absolute Gasteiger partial charge is 0.477 e. The van der Waals surface area contributed by atoms with E-state index in [0.29, 0.717) is 5.57 Å². The van der Waals surface area contributed by atoms with E-state index >= 15 is 0 Å². The van der Waals surface area contributed by atoms with Crippen LogP contribution in [0.3, 0.4) is 0 Å². The summed E-state index contributed by atoms with van der Waals surface area (Å²) in [6.45, 7) is -0.953. The van der Waals surface area contributed by atoms with Crippen LogP contribution in [0, 0.1) is 0 Å². The van der Waals surface area contributed by atoms with Gasteiger partial charge in [0.05, 0.1) is 12.9 Å². The highest BCUT2D eigenvalue weighted by Gasteiger charge is 2.54. The maximum atomic E-state index is 12.5. The number of thioether (sulfide) groups is 1. The smallest absolute Gasteiger partial charge is 0.352 e. The quantitative estimate of drug-likeness (QED) is 0.119. The molecule has 1 fully saturated rings. The predicted octanol–water partition coefficient (Wildman–Crippen LogP) is -2.08. The maximum absolute atomic E-state index is 12.5. The summed E-state index contributed by atoms with van der Waals surface area (Å²) in [5.41, 5.74) is -0.596. The molecule has 2 atom stereocenters. The minimum absolute atomic E-state index is 0.0294. The van der Waals surface area contributed by atoms with E-state index in [2.05, 4.69) is 19.5 Å². The van der Waals surface area contributed by atoms with Crippen LogP contribution in [0.1, 0.15) is 0 Å². The fourth-order valence-corrected chi connectivity index (χ4v) is 4.37. The summed E-state index contributed by atoms with van der Waals surface area (Å²) >= 11 is 1.21. The first-order valence-corrected chi connectivity index (χ1v) is 11.1. The van der Waals surface area contributed by atoms with E-state index in [1.807, 2.05) is 0 Å². The van der Waals surface area contributed by atoms with Crippen LogP contribution in [0.2, 0.25) is 0 Å². The van der Waals surface area contributed by atoms with Gasteiger partial charge in [-0.3, -0.25) is 23.5 Å². The summed E-state index contributed by atoms with van der Waals surface area (Å²) in [5, 5.41) is 14.3. The number of oxime groups is 1. The molecule has 2 rings (SSSR count). The molecule has 0 aromatic rings. The lowest BCUT2D eigenvalue weighted by molar-refractivity contribution is -0.150. The van der Waals surface area contributed by atoms with Gasteiger partial charge in [0.2, 0.25) is 11.5 Å². The van der Waals surface area contributed by atoms with Crippen molar-refractivity contribution >= 4 is 51.2 Å². The van der Waals surface area contributed by atoms with Crippen molar-refractivity contribution in [2.75, 3.05) is 39.4 Å². The summed E-state index contributed by atoms with van der Waals surface area (Å²) in [6.07, 6.45) is 0.723. The normalized spacial score (nSPS) is 21.6. The van der Waals surface area contributed by atoms with Crippen molar-refractivity contribution in [2.45, 2.75) is 11.4 Å². The second-order valence-electron chi connectivity index (χ2n) is 6.06. The molecule has 0 radical (unpaired) electrons. The summed E-state index contributed by atoms with van der Waals surface area (Å²) in [7, 11) is -1.49. The third kappa shape index (κ3) is 5.16. The SMILES string of the molecule is COCC1=C(C(=O)O)N2C(=O)C(NC(=O)C(=NOC)C(=O)COS(C)(=O)=O)[C@@H]2SC1. The molecule has 0 aliphatic carbocycles. The molecule has 2 aliphatic rings. The van der Waals surface area contributed by atoms with Gasteiger partial charge < -0.3 is 20.0 Å². The van der Waals surface area contributed by atoms with Crippen molar-refractivity contribution in [3.05, 3.63) is 11.3 Å². The zero-order valence-electron chi connectivity index (χ0n) is 16.1. The van der Waals surface area contributed by atoms with Crippen LogP contribution in [-0.2, 0) is 43.1 Å². The van der Waals surface area contributed by atoms with Gasteiger partial charge in [-0.25, -0.2) is 4.79 Å². The van der Waals surface area contributed by atoms with Gasteiger partial charge in [-0.15, -0.1) is 11.8 Å². The van der Waals surface area contributed by atoms with Gasteiger partial charge in [0, 0.05) is 12.9 Å². The summed E-state index contributed by atoms with van der Waals surface area (Å²) in [4.78, 5) is 54.1. The Morgan fingerprint density at radius 3 is 2.53 bits per heavy atom. The van der Waals surface area contributed by atoms with E-state index in [1.165, 1.54) is 18.9 Å². The van der Waals surface area contributed by atoms with Gasteiger partial charge in [-0.1, -0.05) is 5.16 Å². The van der Waals surface area contributed by atoms with Crippen LogP contribution in [0.15, 0.2) is 16.4 Å². The number of ether oxygens (including phenoxy) is 1. The van der Waals surface area contributed by atoms with Gasteiger partial charge in [0.15, 0.2) is 0 Å². The molecule has 0 aromatic heterocycles. The molecule has 0 spiro atoms. The summed E-state index contributed by atoms with van der Waals surface area (Å²) < 4.78 is 31.3. The van der Waals surface area contributed by atoms with Crippen LogP contribution in [0.4, 0.5) is 0 Å². The Morgan fingerprint density at radius 1 is 1.33 bits per heavy atom. The third-order valence-corrected chi connectivity index (χ3v) is 5.81. The molecular weight excluding hydrogens is 446 g/mol. The minimum atomic E-state index is -3.94. The van der Waals surface area contributed by atoms with E-state index in [0.717, 1.165) is 18.3 Å². The number of carboxylic acid groups (broad SMARTS) is 1. The molecule has 2 N–H and O–H groups in total. The van der Waals surface area contributed by atoms with E-state index in [4.69, 9.17) is 4.74 Å². The van der Waals surface area contributed by atoms with Crippen LogP contribution < -0.4 is 5.32 Å². The fourth-order valence-electron chi connectivity index (χ4n) is 2.72. The van der Waals surface area contributed by atoms with Gasteiger partial charge in [-0.2, -0.15) is 8.42 Å². The highest BCUT2D eigenvalue weighted by atomic mass is 32.2. The molecule has 2 aliphatic heterocycles. The van der Waals surface area contributed by atoms with E-state index in [9.17, 15) is 32.7 Å². The second kappa shape index (κ2) is 9.55. The lowest BCUT2D eigenvalue weighted by Crippen LogP contribution is -2.71. The van der Waals surface area contributed by atoms with E-state index in [-0.39, 0.29) is 18.1 Å². The predicted molar refractivity (Wildman–Crippen MR) is 102 cm³/mol. The van der Waals surface area contributed by atoms with E-state index in [1.54, 1.807) is 0 Å². The number of carbonyl (C=O) groups is 4. The number of methoxy groups -OCH3 is 1. The lowest BCUT2D eigenvalue weighted by Gasteiger charge is -2.49. The molecule has 0 aromatic carbocycles. The van der Waals surface area contributed by atoms with Gasteiger partial charge >= 0.3 is 5.97 Å². The minimum Gasteiger partial charge on any atom is -0.477 e. The van der Waals surface area contributed by atoms with Crippen molar-refractivity contribution in [3.8, 4) is 0 Å². The fraction of sp³-hybridized carbons (Fsp3) is 0.533. The molecule has 2 heterocycles. The number of Topliss-reactive ketones (excluding diaryl/α,β-unsaturated/α-hetero) is 1. The number of fused-ring (bicyclic) bond motifs is 1. The molecule has 2 amide bonds. The van der Waals surface area contributed by atoms with Crippen LogP contribution in [0.25, 0.3) is 0 Å². The first-order valence-electron chi connectivity index (χ1n) is 8.20. The monoisotopic (exact) mass is 465 g/mol. The summed E-state index contributed by atoms with van der Waals surface area (Å²) in [6, 6.07) is -1.12. The van der Waals surface area contributed by atoms with Crippen molar-refractivity contribution in [2.24, 2.45) is 5.16 Å². The zero-order valence-corrected chi connectivity index (χ0v) is 17.7.